The van der Waals surface area contributed by atoms with Crippen LogP contribution >= 0.6 is 23.2 Å². The zero-order valence-electron chi connectivity index (χ0n) is 9.71. The normalized spacial score (nSPS) is 10.1. The number of halogens is 2. The van der Waals surface area contributed by atoms with Crippen molar-refractivity contribution in [1.82, 2.24) is 9.97 Å². The molecule has 1 N–H and O–H groups in total. The van der Waals surface area contributed by atoms with Gasteiger partial charge in [-0.3, -0.25) is 19.9 Å². The Kier molecular flexibility index (Phi) is 4.11. The Morgan fingerprint density at radius 1 is 1.30 bits per heavy atom. The van der Waals surface area contributed by atoms with Crippen molar-refractivity contribution >= 4 is 40.6 Å². The minimum absolute atomic E-state index is 0.0896. The van der Waals surface area contributed by atoms with Crippen LogP contribution in [-0.2, 0) is 0 Å². The van der Waals surface area contributed by atoms with E-state index in [0.29, 0.717) is 0 Å². The molecule has 0 bridgehead atoms. The number of amides is 1. The van der Waals surface area contributed by atoms with Gasteiger partial charge < -0.3 is 5.32 Å². The number of anilines is 1. The van der Waals surface area contributed by atoms with Gasteiger partial charge in [0.2, 0.25) is 0 Å². The van der Waals surface area contributed by atoms with E-state index in [4.69, 9.17) is 23.2 Å². The summed E-state index contributed by atoms with van der Waals surface area (Å²) in [6, 6.07) is 3.74. The third-order valence-corrected chi connectivity index (χ3v) is 2.67. The molecule has 0 aliphatic carbocycles. The lowest BCUT2D eigenvalue weighted by molar-refractivity contribution is -0.385. The Hall–Kier alpha value is -2.25. The van der Waals surface area contributed by atoms with E-state index >= 15 is 0 Å². The summed E-state index contributed by atoms with van der Waals surface area (Å²) in [5.41, 5.74) is -0.536. The molecule has 1 aromatic carbocycles. The molecule has 0 radical (unpaired) electrons. The lowest BCUT2D eigenvalue weighted by Crippen LogP contribution is -2.15. The first kappa shape index (κ1) is 14.2. The van der Waals surface area contributed by atoms with Crippen LogP contribution in [0.15, 0.2) is 30.6 Å². The summed E-state index contributed by atoms with van der Waals surface area (Å²) >= 11 is 11.3. The average Bonchev–Trinajstić information content (AvgIpc) is 2.38. The predicted molar refractivity (Wildman–Crippen MR) is 73.1 cm³/mol. The van der Waals surface area contributed by atoms with Gasteiger partial charge in [-0.05, 0) is 12.1 Å². The number of rotatable bonds is 3. The van der Waals surface area contributed by atoms with Gasteiger partial charge in [0.15, 0.2) is 5.82 Å². The van der Waals surface area contributed by atoms with Gasteiger partial charge in [-0.2, -0.15) is 0 Å². The third kappa shape index (κ3) is 3.19. The molecule has 0 spiro atoms. The second kappa shape index (κ2) is 5.81. The van der Waals surface area contributed by atoms with Crippen LogP contribution in [0, 0.1) is 10.1 Å². The number of carbonyl (C=O) groups is 1. The molecular formula is C11H6Cl2N4O3. The topological polar surface area (TPSA) is 98.0 Å². The average molecular weight is 313 g/mol. The van der Waals surface area contributed by atoms with Gasteiger partial charge in [0.1, 0.15) is 10.7 Å². The first-order valence-electron chi connectivity index (χ1n) is 5.20. The number of nitro benzene ring substituents is 1. The van der Waals surface area contributed by atoms with E-state index in [1.165, 1.54) is 24.5 Å². The van der Waals surface area contributed by atoms with Gasteiger partial charge in [0.25, 0.3) is 11.6 Å². The summed E-state index contributed by atoms with van der Waals surface area (Å²) in [6.07, 6.45) is 2.56. The fourth-order valence-electron chi connectivity index (χ4n) is 1.43. The highest BCUT2D eigenvalue weighted by Crippen LogP contribution is 2.24. The number of nitrogens with zero attached hydrogens (tertiary/aromatic N) is 3. The van der Waals surface area contributed by atoms with Crippen molar-refractivity contribution in [3.8, 4) is 0 Å². The second-order valence-corrected chi connectivity index (χ2v) is 4.42. The fourth-order valence-corrected chi connectivity index (χ4v) is 1.75. The maximum Gasteiger partial charge on any atom is 0.283 e. The zero-order valence-corrected chi connectivity index (χ0v) is 11.2. The van der Waals surface area contributed by atoms with Crippen LogP contribution in [0.25, 0.3) is 0 Å². The van der Waals surface area contributed by atoms with Crippen LogP contribution < -0.4 is 5.32 Å². The van der Waals surface area contributed by atoms with Crippen molar-refractivity contribution in [2.45, 2.75) is 0 Å². The maximum atomic E-state index is 12.0. The van der Waals surface area contributed by atoms with Crippen molar-refractivity contribution in [1.29, 1.82) is 0 Å². The SMILES string of the molecule is O=C(Nc1cncc(Cl)n1)c1ccc(Cl)cc1[N+](=O)[O-]. The van der Waals surface area contributed by atoms with Gasteiger partial charge in [-0.15, -0.1) is 0 Å². The van der Waals surface area contributed by atoms with Crippen molar-refractivity contribution in [2.75, 3.05) is 5.32 Å². The van der Waals surface area contributed by atoms with Crippen molar-refractivity contribution < 1.29 is 9.72 Å². The highest BCUT2D eigenvalue weighted by Gasteiger charge is 2.21. The number of benzene rings is 1. The van der Waals surface area contributed by atoms with E-state index in [-0.39, 0.29) is 21.6 Å². The Bertz CT molecular complexity index is 693. The molecule has 0 unspecified atom stereocenters. The van der Waals surface area contributed by atoms with Crippen LogP contribution in [0.5, 0.6) is 0 Å². The monoisotopic (exact) mass is 312 g/mol. The number of aromatic nitrogens is 2. The summed E-state index contributed by atoms with van der Waals surface area (Å²) in [4.78, 5) is 29.7. The van der Waals surface area contributed by atoms with Gasteiger partial charge in [-0.1, -0.05) is 23.2 Å². The number of nitro groups is 1. The van der Waals surface area contributed by atoms with E-state index in [1.807, 2.05) is 0 Å². The molecule has 2 rings (SSSR count). The van der Waals surface area contributed by atoms with Crippen LogP contribution in [-0.4, -0.2) is 20.8 Å². The van der Waals surface area contributed by atoms with Crippen molar-refractivity contribution in [3.63, 3.8) is 0 Å². The molecule has 20 heavy (non-hydrogen) atoms. The predicted octanol–water partition coefficient (Wildman–Crippen LogP) is 2.94. The van der Waals surface area contributed by atoms with Gasteiger partial charge in [-0.25, -0.2) is 4.98 Å². The molecule has 1 aromatic heterocycles. The van der Waals surface area contributed by atoms with Crippen LogP contribution in [0.2, 0.25) is 10.2 Å². The minimum atomic E-state index is -0.704. The summed E-state index contributed by atoms with van der Waals surface area (Å²) in [5.74, 6) is -0.614. The molecule has 0 saturated carbocycles. The molecule has 0 atom stereocenters. The number of carbonyl (C=O) groups excluding carboxylic acids is 1. The quantitative estimate of drug-likeness (QED) is 0.694. The van der Waals surface area contributed by atoms with E-state index in [2.05, 4.69) is 15.3 Å². The van der Waals surface area contributed by atoms with Crippen molar-refractivity contribution in [2.24, 2.45) is 0 Å². The first-order valence-corrected chi connectivity index (χ1v) is 5.96. The number of nitrogens with one attached hydrogen (secondary N) is 1. The van der Waals surface area contributed by atoms with Crippen LogP contribution in [0.4, 0.5) is 11.5 Å². The molecule has 7 nitrogen and oxygen atoms in total. The second-order valence-electron chi connectivity index (χ2n) is 3.60. The molecule has 0 aliphatic heterocycles. The molecule has 102 valence electrons. The molecule has 0 saturated heterocycles. The fraction of sp³-hybridized carbons (Fsp3) is 0. The molecule has 2 aromatic rings. The standard InChI is InChI=1S/C11H6Cl2N4O3/c12-6-1-2-7(8(3-6)17(19)20)11(18)16-10-5-14-4-9(13)15-10/h1-5H,(H,15,16,18). The maximum absolute atomic E-state index is 12.0. The summed E-state index contributed by atoms with van der Waals surface area (Å²) < 4.78 is 0. The smallest absolute Gasteiger partial charge is 0.283 e. The van der Waals surface area contributed by atoms with E-state index < -0.39 is 16.5 Å². The summed E-state index contributed by atoms with van der Waals surface area (Å²) in [6.45, 7) is 0. The van der Waals surface area contributed by atoms with Crippen LogP contribution in [0.3, 0.4) is 0 Å². The lowest BCUT2D eigenvalue weighted by atomic mass is 10.1. The Labute approximate surface area is 122 Å². The highest BCUT2D eigenvalue weighted by molar-refractivity contribution is 6.31. The molecule has 1 heterocycles. The Balaban J connectivity index is 2.32. The van der Waals surface area contributed by atoms with Crippen molar-refractivity contribution in [3.05, 3.63) is 56.4 Å². The molecule has 9 heteroatoms. The molecule has 0 aliphatic rings. The van der Waals surface area contributed by atoms with E-state index in [0.717, 1.165) is 6.07 Å². The van der Waals surface area contributed by atoms with E-state index in [9.17, 15) is 14.9 Å². The Morgan fingerprint density at radius 3 is 2.70 bits per heavy atom. The summed E-state index contributed by atoms with van der Waals surface area (Å²) in [7, 11) is 0. The van der Waals surface area contributed by atoms with E-state index in [1.54, 1.807) is 0 Å². The van der Waals surface area contributed by atoms with Crippen LogP contribution in [0.1, 0.15) is 10.4 Å². The summed E-state index contributed by atoms with van der Waals surface area (Å²) in [5, 5.41) is 13.5. The number of hydrogen-bond acceptors (Lipinski definition) is 5. The van der Waals surface area contributed by atoms with Gasteiger partial charge in [0.05, 0.1) is 17.3 Å². The third-order valence-electron chi connectivity index (χ3n) is 2.25. The lowest BCUT2D eigenvalue weighted by Gasteiger charge is -2.05. The van der Waals surface area contributed by atoms with Gasteiger partial charge in [0, 0.05) is 11.1 Å². The number of hydrogen-bond donors (Lipinski definition) is 1. The zero-order chi connectivity index (χ0) is 14.7. The molecule has 0 fully saturated rings. The minimum Gasteiger partial charge on any atom is -0.305 e. The van der Waals surface area contributed by atoms with Gasteiger partial charge >= 0.3 is 0 Å². The largest absolute Gasteiger partial charge is 0.305 e. The molecular weight excluding hydrogens is 307 g/mol. The first-order chi connectivity index (χ1) is 9.47. The molecule has 1 amide bonds. The Morgan fingerprint density at radius 2 is 2.05 bits per heavy atom. The highest BCUT2D eigenvalue weighted by atomic mass is 35.5.